The second-order valence-corrected chi connectivity index (χ2v) is 5.70. The van der Waals surface area contributed by atoms with Crippen LogP contribution in [0.2, 0.25) is 0 Å². The molecule has 0 aliphatic carbocycles. The zero-order valence-electron chi connectivity index (χ0n) is 11.5. The van der Waals surface area contributed by atoms with Crippen molar-refractivity contribution in [3.05, 3.63) is 0 Å². The standard InChI is InChI=1S/C13H21N3O4/c14-12(17)7-16-10-5-15(9-1-3-19-4-2-9)6-11(10)20-8-13(16)18/h9-11H,1-8H2,(H2,14,17). The second kappa shape index (κ2) is 5.67. The summed E-state index contributed by atoms with van der Waals surface area (Å²) in [6, 6.07) is 0.440. The minimum Gasteiger partial charge on any atom is -0.381 e. The van der Waals surface area contributed by atoms with Gasteiger partial charge in [0.1, 0.15) is 6.61 Å². The van der Waals surface area contributed by atoms with E-state index in [-0.39, 0.29) is 31.2 Å². The third-order valence-corrected chi connectivity index (χ3v) is 4.44. The summed E-state index contributed by atoms with van der Waals surface area (Å²) in [5, 5.41) is 0. The largest absolute Gasteiger partial charge is 0.381 e. The summed E-state index contributed by atoms with van der Waals surface area (Å²) >= 11 is 0. The number of primary amides is 1. The van der Waals surface area contributed by atoms with Crippen molar-refractivity contribution in [2.24, 2.45) is 5.73 Å². The molecule has 2 N–H and O–H groups in total. The van der Waals surface area contributed by atoms with E-state index in [2.05, 4.69) is 4.90 Å². The molecule has 0 radical (unpaired) electrons. The number of rotatable bonds is 3. The summed E-state index contributed by atoms with van der Waals surface area (Å²) < 4.78 is 11.0. The first kappa shape index (κ1) is 13.8. The third kappa shape index (κ3) is 2.65. The number of ether oxygens (including phenoxy) is 2. The molecule has 7 nitrogen and oxygen atoms in total. The number of nitrogens with zero attached hydrogens (tertiary/aromatic N) is 2. The summed E-state index contributed by atoms with van der Waals surface area (Å²) in [7, 11) is 0. The molecule has 0 aromatic heterocycles. The number of carbonyl (C=O) groups excluding carboxylic acids is 2. The van der Waals surface area contributed by atoms with Gasteiger partial charge in [-0.15, -0.1) is 0 Å². The number of likely N-dealkylation sites (tertiary alicyclic amines) is 1. The molecule has 0 aromatic carbocycles. The van der Waals surface area contributed by atoms with Crippen LogP contribution >= 0.6 is 0 Å². The van der Waals surface area contributed by atoms with E-state index >= 15 is 0 Å². The van der Waals surface area contributed by atoms with Crippen LogP contribution in [0, 0.1) is 0 Å². The lowest BCUT2D eigenvalue weighted by molar-refractivity contribution is -0.155. The van der Waals surface area contributed by atoms with Gasteiger partial charge < -0.3 is 20.1 Å². The fraction of sp³-hybridized carbons (Fsp3) is 0.846. The molecule has 0 bridgehead atoms. The Kier molecular flexibility index (Phi) is 3.91. The van der Waals surface area contributed by atoms with Crippen LogP contribution in [-0.2, 0) is 19.1 Å². The van der Waals surface area contributed by atoms with Gasteiger partial charge in [0.05, 0.1) is 18.7 Å². The van der Waals surface area contributed by atoms with Gasteiger partial charge in [-0.2, -0.15) is 0 Å². The summed E-state index contributed by atoms with van der Waals surface area (Å²) in [5.74, 6) is -0.609. The molecule has 3 aliphatic rings. The summed E-state index contributed by atoms with van der Waals surface area (Å²) in [5.41, 5.74) is 5.24. The van der Waals surface area contributed by atoms with Crippen LogP contribution in [0.1, 0.15) is 12.8 Å². The lowest BCUT2D eigenvalue weighted by Gasteiger charge is -2.36. The molecule has 3 fully saturated rings. The van der Waals surface area contributed by atoms with Gasteiger partial charge in [-0.25, -0.2) is 0 Å². The van der Waals surface area contributed by atoms with Crippen molar-refractivity contribution in [3.8, 4) is 0 Å². The maximum atomic E-state index is 11.9. The minimum atomic E-state index is -0.469. The van der Waals surface area contributed by atoms with E-state index in [1.165, 1.54) is 0 Å². The first-order valence-electron chi connectivity index (χ1n) is 7.16. The molecule has 3 heterocycles. The molecule has 20 heavy (non-hydrogen) atoms. The number of hydrogen-bond acceptors (Lipinski definition) is 5. The average Bonchev–Trinajstić information content (AvgIpc) is 2.87. The van der Waals surface area contributed by atoms with E-state index in [0.717, 1.165) is 39.1 Å². The van der Waals surface area contributed by atoms with Gasteiger partial charge in [-0.3, -0.25) is 14.5 Å². The molecule has 7 heteroatoms. The van der Waals surface area contributed by atoms with Crippen molar-refractivity contribution in [1.82, 2.24) is 9.80 Å². The Hall–Kier alpha value is -1.18. The van der Waals surface area contributed by atoms with Crippen molar-refractivity contribution in [1.29, 1.82) is 0 Å². The number of fused-ring (bicyclic) bond motifs is 1. The Balaban J connectivity index is 1.68. The highest BCUT2D eigenvalue weighted by atomic mass is 16.5. The number of amides is 2. The monoisotopic (exact) mass is 283 g/mol. The van der Waals surface area contributed by atoms with Crippen LogP contribution in [0.4, 0.5) is 0 Å². The van der Waals surface area contributed by atoms with Crippen molar-refractivity contribution >= 4 is 11.8 Å². The molecule has 3 rings (SSSR count). The number of carbonyl (C=O) groups is 2. The van der Waals surface area contributed by atoms with Crippen LogP contribution < -0.4 is 5.73 Å². The molecule has 2 atom stereocenters. The average molecular weight is 283 g/mol. The Morgan fingerprint density at radius 1 is 1.30 bits per heavy atom. The lowest BCUT2D eigenvalue weighted by Crippen LogP contribution is -2.56. The van der Waals surface area contributed by atoms with E-state index in [4.69, 9.17) is 15.2 Å². The molecule has 0 aromatic rings. The highest BCUT2D eigenvalue weighted by molar-refractivity contribution is 5.85. The highest BCUT2D eigenvalue weighted by Gasteiger charge is 2.45. The molecule has 112 valence electrons. The third-order valence-electron chi connectivity index (χ3n) is 4.44. The SMILES string of the molecule is NC(=O)CN1C(=O)COC2CN(C3CCOCC3)CC21. The Labute approximate surface area is 118 Å². The normalized spacial score (nSPS) is 32.4. The van der Waals surface area contributed by atoms with Gasteiger partial charge in [0.15, 0.2) is 0 Å². The zero-order chi connectivity index (χ0) is 14.1. The quantitative estimate of drug-likeness (QED) is 0.686. The Morgan fingerprint density at radius 2 is 2.05 bits per heavy atom. The van der Waals surface area contributed by atoms with Gasteiger partial charge >= 0.3 is 0 Å². The van der Waals surface area contributed by atoms with E-state index in [9.17, 15) is 9.59 Å². The van der Waals surface area contributed by atoms with Crippen molar-refractivity contribution in [2.75, 3.05) is 39.5 Å². The minimum absolute atomic E-state index is 0.00473. The lowest BCUT2D eigenvalue weighted by atomic mass is 10.1. The van der Waals surface area contributed by atoms with Crippen LogP contribution in [-0.4, -0.2) is 79.3 Å². The van der Waals surface area contributed by atoms with Crippen molar-refractivity contribution in [3.63, 3.8) is 0 Å². The predicted molar refractivity (Wildman–Crippen MR) is 69.8 cm³/mol. The first-order valence-corrected chi connectivity index (χ1v) is 7.16. The van der Waals surface area contributed by atoms with E-state index in [1.807, 2.05) is 0 Å². The fourth-order valence-electron chi connectivity index (χ4n) is 3.42. The van der Waals surface area contributed by atoms with Crippen LogP contribution in [0.3, 0.4) is 0 Å². The number of morpholine rings is 1. The second-order valence-electron chi connectivity index (χ2n) is 5.70. The Bertz CT molecular complexity index is 397. The molecule has 2 unspecified atom stereocenters. The maximum Gasteiger partial charge on any atom is 0.249 e. The fourth-order valence-corrected chi connectivity index (χ4v) is 3.42. The number of hydrogen-bond donors (Lipinski definition) is 1. The van der Waals surface area contributed by atoms with E-state index in [1.54, 1.807) is 4.90 Å². The van der Waals surface area contributed by atoms with Gasteiger partial charge in [-0.1, -0.05) is 0 Å². The molecular formula is C13H21N3O4. The van der Waals surface area contributed by atoms with Gasteiger partial charge in [0.25, 0.3) is 0 Å². The van der Waals surface area contributed by atoms with Crippen LogP contribution in [0.25, 0.3) is 0 Å². The van der Waals surface area contributed by atoms with Crippen molar-refractivity contribution < 1.29 is 19.1 Å². The first-order chi connectivity index (χ1) is 9.65. The maximum absolute atomic E-state index is 11.9. The molecule has 2 amide bonds. The van der Waals surface area contributed by atoms with Crippen molar-refractivity contribution in [2.45, 2.75) is 31.0 Å². The summed E-state index contributed by atoms with van der Waals surface area (Å²) in [4.78, 5) is 27.0. The summed E-state index contributed by atoms with van der Waals surface area (Å²) in [6.07, 6.45) is 2.03. The molecule has 3 aliphatic heterocycles. The molecule has 0 spiro atoms. The van der Waals surface area contributed by atoms with Gasteiger partial charge in [0, 0.05) is 32.3 Å². The molecular weight excluding hydrogens is 262 g/mol. The Morgan fingerprint density at radius 3 is 2.75 bits per heavy atom. The van der Waals surface area contributed by atoms with Crippen LogP contribution in [0.5, 0.6) is 0 Å². The highest BCUT2D eigenvalue weighted by Crippen LogP contribution is 2.27. The smallest absolute Gasteiger partial charge is 0.249 e. The molecule has 0 saturated carbocycles. The van der Waals surface area contributed by atoms with Crippen LogP contribution in [0.15, 0.2) is 0 Å². The predicted octanol–water partition coefficient (Wildman–Crippen LogP) is -1.44. The van der Waals surface area contributed by atoms with Gasteiger partial charge in [0.2, 0.25) is 11.8 Å². The topological polar surface area (TPSA) is 85.1 Å². The number of nitrogens with two attached hydrogens (primary N) is 1. The zero-order valence-corrected chi connectivity index (χ0v) is 11.5. The summed E-state index contributed by atoms with van der Waals surface area (Å²) in [6.45, 7) is 3.20. The van der Waals surface area contributed by atoms with E-state index < -0.39 is 5.91 Å². The van der Waals surface area contributed by atoms with Gasteiger partial charge in [-0.05, 0) is 12.8 Å². The van der Waals surface area contributed by atoms with E-state index in [0.29, 0.717) is 6.04 Å². The molecule has 3 saturated heterocycles.